The molecule has 0 spiro atoms. The Morgan fingerprint density at radius 1 is 0.964 bits per heavy atom. The van der Waals surface area contributed by atoms with Crippen LogP contribution in [0.3, 0.4) is 0 Å². The Kier molecular flexibility index (Phi) is 6.30. The van der Waals surface area contributed by atoms with E-state index in [0.717, 1.165) is 0 Å². The van der Waals surface area contributed by atoms with Crippen LogP contribution in [0.5, 0.6) is 0 Å². The van der Waals surface area contributed by atoms with Gasteiger partial charge in [-0.3, -0.25) is 0 Å². The first-order valence-corrected chi connectivity index (χ1v) is 10.4. The molecule has 3 N–H and O–H groups in total. The van der Waals surface area contributed by atoms with Crippen LogP contribution >= 0.6 is 35.4 Å². The fourth-order valence-corrected chi connectivity index (χ4v) is 3.65. The fraction of sp³-hybridized carbons (Fsp3) is 0. The van der Waals surface area contributed by atoms with Crippen molar-refractivity contribution in [3.8, 4) is 0 Å². The van der Waals surface area contributed by atoms with Crippen molar-refractivity contribution >= 4 is 67.9 Å². The van der Waals surface area contributed by atoms with E-state index >= 15 is 0 Å². The number of nitrogens with one attached hydrogen (secondary N) is 3. The van der Waals surface area contributed by atoms with Crippen LogP contribution in [0.4, 0.5) is 17.3 Å². The molecule has 0 aliphatic rings. The Morgan fingerprint density at radius 2 is 1.64 bits per heavy atom. The fourth-order valence-electron chi connectivity index (χ4n) is 2.13. The van der Waals surface area contributed by atoms with Gasteiger partial charge in [-0.05, 0) is 60.7 Å². The van der Waals surface area contributed by atoms with Gasteiger partial charge in [0.05, 0.1) is 15.6 Å². The van der Waals surface area contributed by atoms with E-state index in [1.807, 2.05) is 0 Å². The predicted molar refractivity (Wildman–Crippen MR) is 116 cm³/mol. The maximum Gasteiger partial charge on any atom is 0.264 e. The van der Waals surface area contributed by atoms with Crippen molar-refractivity contribution in [3.63, 3.8) is 0 Å². The third-order valence-electron chi connectivity index (χ3n) is 3.39. The molecule has 144 valence electrons. The number of thiocarbonyl (C=S) groups is 1. The summed E-state index contributed by atoms with van der Waals surface area (Å²) in [5.74, 6) is -0.00604. The van der Waals surface area contributed by atoms with Crippen molar-refractivity contribution < 1.29 is 8.42 Å². The van der Waals surface area contributed by atoms with Gasteiger partial charge in [0.1, 0.15) is 0 Å². The van der Waals surface area contributed by atoms with Crippen molar-refractivity contribution in [2.24, 2.45) is 0 Å². The highest BCUT2D eigenvalue weighted by molar-refractivity contribution is 7.92. The van der Waals surface area contributed by atoms with E-state index in [9.17, 15) is 8.42 Å². The average Bonchev–Trinajstić information content (AvgIpc) is 2.65. The zero-order valence-electron chi connectivity index (χ0n) is 14.1. The van der Waals surface area contributed by atoms with Gasteiger partial charge in [0.2, 0.25) is 5.95 Å². The summed E-state index contributed by atoms with van der Waals surface area (Å²) >= 11 is 17.3. The van der Waals surface area contributed by atoms with Gasteiger partial charge in [0, 0.05) is 23.1 Å². The minimum atomic E-state index is -3.80. The van der Waals surface area contributed by atoms with Crippen LogP contribution in [0.25, 0.3) is 0 Å². The Bertz CT molecular complexity index is 1090. The molecule has 0 unspecified atom stereocenters. The molecular weight excluding hydrogens is 441 g/mol. The topological polar surface area (TPSA) is 96.0 Å². The summed E-state index contributed by atoms with van der Waals surface area (Å²) in [5.41, 5.74) is 1.14. The standard InChI is InChI=1S/C17H13Cl2N5O2S2/c18-11-2-7-14(19)15(10-11)23-17(27)22-12-3-5-13(6-4-12)28(25,26)24-16-20-8-1-9-21-16/h1-10H,(H,20,21,24)(H2,22,23,27). The molecule has 1 heterocycles. The molecule has 0 aliphatic heterocycles. The second-order valence-electron chi connectivity index (χ2n) is 5.41. The molecule has 3 aromatic rings. The number of rotatable bonds is 5. The van der Waals surface area contributed by atoms with E-state index in [-0.39, 0.29) is 16.0 Å². The smallest absolute Gasteiger partial charge is 0.264 e. The molecule has 11 heteroatoms. The van der Waals surface area contributed by atoms with E-state index in [1.165, 1.54) is 24.5 Å². The van der Waals surface area contributed by atoms with E-state index in [4.69, 9.17) is 35.4 Å². The van der Waals surface area contributed by atoms with Gasteiger partial charge in [-0.25, -0.2) is 23.1 Å². The van der Waals surface area contributed by atoms with Crippen molar-refractivity contribution in [2.45, 2.75) is 4.90 Å². The molecule has 0 bridgehead atoms. The summed E-state index contributed by atoms with van der Waals surface area (Å²) in [6, 6.07) is 12.6. The van der Waals surface area contributed by atoms with Crippen LogP contribution in [0.2, 0.25) is 10.0 Å². The van der Waals surface area contributed by atoms with Crippen LogP contribution in [0, 0.1) is 0 Å². The summed E-state index contributed by atoms with van der Waals surface area (Å²) in [5, 5.41) is 7.13. The van der Waals surface area contributed by atoms with Gasteiger partial charge in [0.25, 0.3) is 10.0 Å². The van der Waals surface area contributed by atoms with Gasteiger partial charge < -0.3 is 10.6 Å². The first-order chi connectivity index (χ1) is 13.3. The molecule has 3 rings (SSSR count). The lowest BCUT2D eigenvalue weighted by Gasteiger charge is -2.12. The molecule has 2 aromatic carbocycles. The van der Waals surface area contributed by atoms with Crippen LogP contribution in [0.1, 0.15) is 0 Å². The number of hydrogen-bond donors (Lipinski definition) is 3. The quantitative estimate of drug-likeness (QED) is 0.492. The second-order valence-corrected chi connectivity index (χ2v) is 8.34. The van der Waals surface area contributed by atoms with Gasteiger partial charge in [-0.15, -0.1) is 0 Å². The molecule has 0 aliphatic carbocycles. The molecule has 28 heavy (non-hydrogen) atoms. The third-order valence-corrected chi connectivity index (χ3v) is 5.50. The van der Waals surface area contributed by atoms with Gasteiger partial charge >= 0.3 is 0 Å². The Morgan fingerprint density at radius 3 is 2.32 bits per heavy atom. The lowest BCUT2D eigenvalue weighted by Crippen LogP contribution is -2.19. The van der Waals surface area contributed by atoms with Crippen molar-refractivity contribution in [3.05, 3.63) is 71.0 Å². The predicted octanol–water partition coefficient (Wildman–Crippen LogP) is 4.39. The Balaban J connectivity index is 1.67. The molecule has 7 nitrogen and oxygen atoms in total. The van der Waals surface area contributed by atoms with E-state index in [1.54, 1.807) is 36.4 Å². The van der Waals surface area contributed by atoms with E-state index in [2.05, 4.69) is 25.3 Å². The summed E-state index contributed by atoms with van der Waals surface area (Å²) in [7, 11) is -3.80. The number of anilines is 3. The minimum absolute atomic E-state index is 0.00604. The molecular formula is C17H13Cl2N5O2S2. The number of halogens is 2. The zero-order chi connectivity index (χ0) is 20.1. The van der Waals surface area contributed by atoms with Crippen LogP contribution in [-0.2, 0) is 10.0 Å². The Labute approximate surface area is 177 Å². The highest BCUT2D eigenvalue weighted by Gasteiger charge is 2.15. The SMILES string of the molecule is O=S(=O)(Nc1ncccn1)c1ccc(NC(=S)Nc2cc(Cl)ccc2Cl)cc1. The van der Waals surface area contributed by atoms with Crippen molar-refractivity contribution in [1.29, 1.82) is 0 Å². The van der Waals surface area contributed by atoms with E-state index < -0.39 is 10.0 Å². The molecule has 0 saturated heterocycles. The highest BCUT2D eigenvalue weighted by atomic mass is 35.5. The number of aromatic nitrogens is 2. The average molecular weight is 454 g/mol. The largest absolute Gasteiger partial charge is 0.332 e. The molecule has 0 radical (unpaired) electrons. The van der Waals surface area contributed by atoms with Crippen molar-refractivity contribution in [2.75, 3.05) is 15.4 Å². The van der Waals surface area contributed by atoms with Crippen LogP contribution < -0.4 is 15.4 Å². The minimum Gasteiger partial charge on any atom is -0.332 e. The molecule has 1 aromatic heterocycles. The number of sulfonamides is 1. The summed E-state index contributed by atoms with van der Waals surface area (Å²) < 4.78 is 27.0. The molecule has 0 fully saturated rings. The summed E-state index contributed by atoms with van der Waals surface area (Å²) in [6.07, 6.45) is 2.88. The zero-order valence-corrected chi connectivity index (χ0v) is 17.2. The van der Waals surface area contributed by atoms with E-state index in [0.29, 0.717) is 21.4 Å². The monoisotopic (exact) mass is 453 g/mol. The summed E-state index contributed by atoms with van der Waals surface area (Å²) in [4.78, 5) is 7.74. The first kappa shape index (κ1) is 20.3. The Hall–Kier alpha value is -2.46. The number of benzene rings is 2. The second kappa shape index (κ2) is 8.70. The third kappa shape index (κ3) is 5.29. The maximum atomic E-state index is 12.4. The number of nitrogens with zero attached hydrogens (tertiary/aromatic N) is 2. The molecule has 0 saturated carbocycles. The van der Waals surface area contributed by atoms with Crippen molar-refractivity contribution in [1.82, 2.24) is 9.97 Å². The number of hydrogen-bond acceptors (Lipinski definition) is 5. The normalized spacial score (nSPS) is 10.9. The van der Waals surface area contributed by atoms with Gasteiger partial charge in [-0.1, -0.05) is 23.2 Å². The maximum absolute atomic E-state index is 12.4. The van der Waals surface area contributed by atoms with Gasteiger partial charge in [0.15, 0.2) is 5.11 Å². The first-order valence-electron chi connectivity index (χ1n) is 7.76. The molecule has 0 atom stereocenters. The van der Waals surface area contributed by atoms with Crippen LogP contribution in [-0.4, -0.2) is 23.5 Å². The molecule has 0 amide bonds. The lowest BCUT2D eigenvalue weighted by molar-refractivity contribution is 0.601. The lowest BCUT2D eigenvalue weighted by atomic mass is 10.3. The highest BCUT2D eigenvalue weighted by Crippen LogP contribution is 2.25. The van der Waals surface area contributed by atoms with Gasteiger partial charge in [-0.2, -0.15) is 0 Å². The van der Waals surface area contributed by atoms with Crippen LogP contribution in [0.15, 0.2) is 65.8 Å². The summed E-state index contributed by atoms with van der Waals surface area (Å²) in [6.45, 7) is 0.